The van der Waals surface area contributed by atoms with Gasteiger partial charge in [-0.05, 0) is 31.1 Å². The van der Waals surface area contributed by atoms with Crippen molar-refractivity contribution >= 4 is 11.9 Å². The first kappa shape index (κ1) is 11.4. The molecule has 1 nitrogen and oxygen atoms in total. The molecule has 15 heavy (non-hydrogen) atoms. The molecule has 0 heterocycles. The van der Waals surface area contributed by atoms with E-state index in [4.69, 9.17) is 0 Å². The summed E-state index contributed by atoms with van der Waals surface area (Å²) in [4.78, 5) is 4.31. The average Bonchev–Trinajstić information content (AvgIpc) is 2.26. The van der Waals surface area contributed by atoms with Crippen LogP contribution in [0.3, 0.4) is 0 Å². The van der Waals surface area contributed by atoms with E-state index in [2.05, 4.69) is 43.6 Å². The number of nitrogens with zero attached hydrogens (tertiary/aromatic N) is 1. The van der Waals surface area contributed by atoms with E-state index in [-0.39, 0.29) is 0 Å². The van der Waals surface area contributed by atoms with Crippen LogP contribution in [0.2, 0.25) is 0 Å². The van der Waals surface area contributed by atoms with E-state index in [1.807, 2.05) is 30.5 Å². The molecule has 0 aliphatic heterocycles. The monoisotopic (exact) mass is 199 g/mol. The largest absolute Gasteiger partial charge is 0.257 e. The minimum absolute atomic E-state index is 0.398. The summed E-state index contributed by atoms with van der Waals surface area (Å²) in [6.07, 6.45) is 7.72. The summed E-state index contributed by atoms with van der Waals surface area (Å²) in [6, 6.07) is 8.14. The maximum Gasteiger partial charge on any atom is 0.0629 e. The number of allylic oxidation sites excluding steroid dienone is 3. The molecule has 1 aromatic carbocycles. The second-order valence-corrected chi connectivity index (χ2v) is 3.59. The third-order valence-electron chi connectivity index (χ3n) is 2.13. The topological polar surface area (TPSA) is 12.4 Å². The van der Waals surface area contributed by atoms with Crippen LogP contribution in [0.15, 0.2) is 54.1 Å². The maximum atomic E-state index is 4.31. The van der Waals surface area contributed by atoms with E-state index >= 15 is 0 Å². The fourth-order valence-corrected chi connectivity index (χ4v) is 1.06. The Morgan fingerprint density at radius 3 is 2.53 bits per heavy atom. The normalized spacial score (nSPS) is 13.5. The van der Waals surface area contributed by atoms with Crippen LogP contribution in [0.25, 0.3) is 0 Å². The summed E-state index contributed by atoms with van der Waals surface area (Å²) in [5.41, 5.74) is 2.24. The fraction of sp³-hybridized carbons (Fsp3) is 0.214. The Balaban J connectivity index is 2.55. The Kier molecular flexibility index (Phi) is 4.55. The van der Waals surface area contributed by atoms with Crippen molar-refractivity contribution in [1.82, 2.24) is 0 Å². The van der Waals surface area contributed by atoms with Crippen molar-refractivity contribution in [2.75, 3.05) is 0 Å². The van der Waals surface area contributed by atoms with Crippen LogP contribution in [0.1, 0.15) is 12.5 Å². The molecule has 1 rings (SSSR count). The van der Waals surface area contributed by atoms with Gasteiger partial charge in [-0.15, -0.1) is 6.58 Å². The number of aliphatic imine (C=N–C) groups is 1. The van der Waals surface area contributed by atoms with Gasteiger partial charge in [-0.2, -0.15) is 0 Å². The number of hydrogen-bond donors (Lipinski definition) is 0. The second kappa shape index (κ2) is 5.97. The molecular formula is C14H17N. The molecule has 0 saturated carbocycles. The van der Waals surface area contributed by atoms with Crippen molar-refractivity contribution in [3.05, 3.63) is 54.6 Å². The maximum absolute atomic E-state index is 4.31. The van der Waals surface area contributed by atoms with E-state index in [9.17, 15) is 0 Å². The lowest BCUT2D eigenvalue weighted by atomic mass is 10.2. The molecule has 0 saturated heterocycles. The molecule has 0 spiro atoms. The Hall–Kier alpha value is -1.63. The Morgan fingerprint density at radius 2 is 1.93 bits per heavy atom. The summed E-state index contributed by atoms with van der Waals surface area (Å²) in [7, 11) is 0. The number of benzene rings is 1. The molecule has 0 aliphatic rings. The van der Waals surface area contributed by atoms with Gasteiger partial charge in [0.1, 0.15) is 0 Å². The molecule has 78 valence electrons. The predicted octanol–water partition coefficient (Wildman–Crippen LogP) is 4.08. The summed E-state index contributed by atoms with van der Waals surface area (Å²) in [6.45, 7) is 7.87. The minimum atomic E-state index is 0.398. The van der Waals surface area contributed by atoms with Gasteiger partial charge in [-0.3, -0.25) is 4.99 Å². The molecule has 0 bridgehead atoms. The first-order valence-corrected chi connectivity index (χ1v) is 5.12. The number of hydrogen-bond acceptors (Lipinski definition) is 1. The van der Waals surface area contributed by atoms with Crippen molar-refractivity contribution in [3.63, 3.8) is 0 Å². The zero-order chi connectivity index (χ0) is 11.1. The molecule has 0 N–H and O–H groups in total. The predicted molar refractivity (Wildman–Crippen MR) is 67.8 cm³/mol. The second-order valence-electron chi connectivity index (χ2n) is 3.59. The van der Waals surface area contributed by atoms with E-state index in [1.54, 1.807) is 0 Å². The smallest absolute Gasteiger partial charge is 0.0629 e. The SMILES string of the molecule is C=CC(C)C=CC=Nc1ccc(C)cc1. The number of rotatable bonds is 4. The van der Waals surface area contributed by atoms with Gasteiger partial charge < -0.3 is 0 Å². The van der Waals surface area contributed by atoms with Crippen LogP contribution in [0, 0.1) is 12.8 Å². The van der Waals surface area contributed by atoms with Gasteiger partial charge in [0.2, 0.25) is 0 Å². The van der Waals surface area contributed by atoms with Crippen molar-refractivity contribution in [3.8, 4) is 0 Å². The van der Waals surface area contributed by atoms with E-state index in [1.165, 1.54) is 5.56 Å². The summed E-state index contributed by atoms with van der Waals surface area (Å²) >= 11 is 0. The Labute approximate surface area is 91.9 Å². The molecular weight excluding hydrogens is 182 g/mol. The van der Waals surface area contributed by atoms with Gasteiger partial charge in [0.25, 0.3) is 0 Å². The molecule has 0 fully saturated rings. The van der Waals surface area contributed by atoms with E-state index < -0.39 is 0 Å². The van der Waals surface area contributed by atoms with Gasteiger partial charge in [-0.1, -0.05) is 36.8 Å². The first-order valence-electron chi connectivity index (χ1n) is 5.12. The van der Waals surface area contributed by atoms with E-state index in [0.29, 0.717) is 5.92 Å². The summed E-state index contributed by atoms with van der Waals surface area (Å²) in [5.74, 6) is 0.398. The molecule has 0 radical (unpaired) electrons. The van der Waals surface area contributed by atoms with Crippen LogP contribution < -0.4 is 0 Å². The third kappa shape index (κ3) is 4.41. The molecule has 1 atom stereocenters. The van der Waals surface area contributed by atoms with Crippen molar-refractivity contribution in [2.45, 2.75) is 13.8 Å². The minimum Gasteiger partial charge on any atom is -0.257 e. The highest BCUT2D eigenvalue weighted by atomic mass is 14.7. The highest BCUT2D eigenvalue weighted by Gasteiger charge is 1.86. The molecule has 0 amide bonds. The van der Waals surface area contributed by atoms with Gasteiger partial charge >= 0.3 is 0 Å². The van der Waals surface area contributed by atoms with Crippen LogP contribution in [-0.2, 0) is 0 Å². The molecule has 1 heteroatoms. The zero-order valence-corrected chi connectivity index (χ0v) is 9.35. The van der Waals surface area contributed by atoms with E-state index in [0.717, 1.165) is 5.69 Å². The van der Waals surface area contributed by atoms with Gasteiger partial charge in [0.05, 0.1) is 5.69 Å². The van der Waals surface area contributed by atoms with Gasteiger partial charge in [0.15, 0.2) is 0 Å². The van der Waals surface area contributed by atoms with Crippen LogP contribution in [0.5, 0.6) is 0 Å². The lowest BCUT2D eigenvalue weighted by Crippen LogP contribution is -1.79. The zero-order valence-electron chi connectivity index (χ0n) is 9.35. The lowest BCUT2D eigenvalue weighted by molar-refractivity contribution is 0.945. The number of aryl methyl sites for hydroxylation is 1. The Bertz CT molecular complexity index is 357. The highest BCUT2D eigenvalue weighted by molar-refractivity contribution is 5.74. The van der Waals surface area contributed by atoms with Crippen molar-refractivity contribution in [1.29, 1.82) is 0 Å². The molecule has 0 aliphatic carbocycles. The molecule has 0 aromatic heterocycles. The van der Waals surface area contributed by atoms with Gasteiger partial charge in [0, 0.05) is 6.21 Å². The average molecular weight is 199 g/mol. The fourth-order valence-electron chi connectivity index (χ4n) is 1.06. The standard InChI is InChI=1S/C14H17N/c1-4-12(2)6-5-11-15-14-9-7-13(3)8-10-14/h4-12H,1H2,2-3H3. The van der Waals surface area contributed by atoms with Crippen molar-refractivity contribution in [2.24, 2.45) is 10.9 Å². The first-order chi connectivity index (χ1) is 7.22. The third-order valence-corrected chi connectivity index (χ3v) is 2.13. The summed E-state index contributed by atoms with van der Waals surface area (Å²) in [5, 5.41) is 0. The summed E-state index contributed by atoms with van der Waals surface area (Å²) < 4.78 is 0. The molecule has 1 unspecified atom stereocenters. The lowest BCUT2D eigenvalue weighted by Gasteiger charge is -1.94. The van der Waals surface area contributed by atoms with Crippen LogP contribution in [-0.4, -0.2) is 6.21 Å². The molecule has 1 aromatic rings. The van der Waals surface area contributed by atoms with Crippen molar-refractivity contribution < 1.29 is 0 Å². The Morgan fingerprint density at radius 1 is 1.27 bits per heavy atom. The quantitative estimate of drug-likeness (QED) is 0.512. The highest BCUT2D eigenvalue weighted by Crippen LogP contribution is 2.11. The van der Waals surface area contributed by atoms with Crippen LogP contribution in [0.4, 0.5) is 5.69 Å². The van der Waals surface area contributed by atoms with Crippen LogP contribution >= 0.6 is 0 Å². The van der Waals surface area contributed by atoms with Gasteiger partial charge in [-0.25, -0.2) is 0 Å².